The van der Waals surface area contributed by atoms with Crippen molar-refractivity contribution in [3.05, 3.63) is 40.0 Å². The Morgan fingerprint density at radius 2 is 1.88 bits per heavy atom. The standard InChI is InChI=1S/C26H33N3O2S/c1-15-7-5-9-19(16(15)2)27-25-24-18-8-6-10-22(18)32-26(24)29-23(28-25)14-17-11-12-20(30-3)21(13-17)31-4/h11-13,15-16,19H,5-10,14H2,1-4H3,(H,27,28,29). The largest absolute Gasteiger partial charge is 0.493 e. The Labute approximate surface area is 194 Å². The van der Waals surface area contributed by atoms with Crippen LogP contribution in [0.15, 0.2) is 18.2 Å². The number of nitrogens with one attached hydrogen (secondary N) is 1. The normalized spacial score (nSPS) is 22.7. The van der Waals surface area contributed by atoms with Gasteiger partial charge in [0.1, 0.15) is 16.5 Å². The molecule has 2 heterocycles. The van der Waals surface area contributed by atoms with E-state index in [1.807, 2.05) is 23.5 Å². The van der Waals surface area contributed by atoms with Crippen LogP contribution in [-0.4, -0.2) is 30.2 Å². The van der Waals surface area contributed by atoms with E-state index in [2.05, 4.69) is 25.2 Å². The van der Waals surface area contributed by atoms with Gasteiger partial charge in [-0.05, 0) is 60.8 Å². The first-order chi connectivity index (χ1) is 15.6. The molecule has 3 unspecified atom stereocenters. The first-order valence-corrected chi connectivity index (χ1v) is 12.7. The van der Waals surface area contributed by atoms with Gasteiger partial charge in [0.05, 0.1) is 19.6 Å². The van der Waals surface area contributed by atoms with E-state index in [4.69, 9.17) is 19.4 Å². The summed E-state index contributed by atoms with van der Waals surface area (Å²) >= 11 is 1.87. The van der Waals surface area contributed by atoms with Gasteiger partial charge in [-0.1, -0.05) is 32.8 Å². The van der Waals surface area contributed by atoms with Gasteiger partial charge in [-0.2, -0.15) is 0 Å². The quantitative estimate of drug-likeness (QED) is 0.496. The number of rotatable bonds is 6. The Balaban J connectivity index is 1.52. The topological polar surface area (TPSA) is 56.3 Å². The second-order valence-corrected chi connectivity index (χ2v) is 10.5. The van der Waals surface area contributed by atoms with E-state index in [1.165, 1.54) is 47.9 Å². The van der Waals surface area contributed by atoms with Crippen molar-refractivity contribution in [1.29, 1.82) is 0 Å². The fourth-order valence-electron chi connectivity index (χ4n) is 5.36. The molecular weight excluding hydrogens is 418 g/mol. The van der Waals surface area contributed by atoms with Crippen molar-refractivity contribution in [2.24, 2.45) is 11.8 Å². The molecule has 1 aromatic carbocycles. The van der Waals surface area contributed by atoms with Gasteiger partial charge in [-0.25, -0.2) is 9.97 Å². The molecule has 0 aliphatic heterocycles. The Kier molecular flexibility index (Phi) is 5.97. The maximum absolute atomic E-state index is 5.50. The number of hydrogen-bond acceptors (Lipinski definition) is 6. The van der Waals surface area contributed by atoms with Crippen LogP contribution >= 0.6 is 11.3 Å². The minimum atomic E-state index is 0.475. The van der Waals surface area contributed by atoms with Gasteiger partial charge < -0.3 is 14.8 Å². The molecule has 0 saturated heterocycles. The van der Waals surface area contributed by atoms with Gasteiger partial charge in [0.25, 0.3) is 0 Å². The average molecular weight is 452 g/mol. The number of anilines is 1. The van der Waals surface area contributed by atoms with Gasteiger partial charge in [0.15, 0.2) is 11.5 Å². The van der Waals surface area contributed by atoms with E-state index >= 15 is 0 Å². The third-order valence-corrected chi connectivity index (χ3v) is 8.64. The van der Waals surface area contributed by atoms with E-state index in [1.54, 1.807) is 14.2 Å². The Morgan fingerprint density at radius 1 is 1.03 bits per heavy atom. The highest BCUT2D eigenvalue weighted by Crippen LogP contribution is 2.41. The van der Waals surface area contributed by atoms with Crippen molar-refractivity contribution in [2.75, 3.05) is 19.5 Å². The molecule has 5 rings (SSSR count). The van der Waals surface area contributed by atoms with Crippen molar-refractivity contribution >= 4 is 27.4 Å². The number of aromatic nitrogens is 2. The Morgan fingerprint density at radius 3 is 2.69 bits per heavy atom. The van der Waals surface area contributed by atoms with E-state index in [-0.39, 0.29) is 0 Å². The molecule has 2 aromatic heterocycles. The average Bonchev–Trinajstić information content (AvgIpc) is 3.38. The lowest BCUT2D eigenvalue weighted by atomic mass is 9.78. The molecule has 0 bridgehead atoms. The number of hydrogen-bond donors (Lipinski definition) is 1. The highest BCUT2D eigenvalue weighted by Gasteiger charge is 2.29. The number of ether oxygens (including phenoxy) is 2. The molecule has 3 atom stereocenters. The van der Waals surface area contributed by atoms with E-state index in [0.29, 0.717) is 18.4 Å². The minimum absolute atomic E-state index is 0.475. The van der Waals surface area contributed by atoms with E-state index in [0.717, 1.165) is 45.9 Å². The maximum Gasteiger partial charge on any atom is 0.161 e. The van der Waals surface area contributed by atoms with Crippen LogP contribution in [0.1, 0.15) is 61.4 Å². The minimum Gasteiger partial charge on any atom is -0.493 e. The third kappa shape index (κ3) is 3.94. The van der Waals surface area contributed by atoms with Gasteiger partial charge in [-0.15, -0.1) is 11.3 Å². The zero-order valence-electron chi connectivity index (χ0n) is 19.5. The molecule has 1 N–H and O–H groups in total. The summed E-state index contributed by atoms with van der Waals surface area (Å²) in [5, 5.41) is 5.18. The zero-order valence-corrected chi connectivity index (χ0v) is 20.3. The van der Waals surface area contributed by atoms with Crippen LogP contribution in [0, 0.1) is 11.8 Å². The van der Waals surface area contributed by atoms with Crippen molar-refractivity contribution in [3.63, 3.8) is 0 Å². The van der Waals surface area contributed by atoms with Crippen LogP contribution in [0.3, 0.4) is 0 Å². The van der Waals surface area contributed by atoms with Gasteiger partial charge in [0, 0.05) is 17.3 Å². The Hall–Kier alpha value is -2.34. The van der Waals surface area contributed by atoms with Crippen LogP contribution < -0.4 is 14.8 Å². The summed E-state index contributed by atoms with van der Waals surface area (Å²) in [6.07, 6.45) is 8.09. The Bertz CT molecular complexity index is 1130. The first-order valence-electron chi connectivity index (χ1n) is 11.9. The summed E-state index contributed by atoms with van der Waals surface area (Å²) in [6.45, 7) is 4.78. The van der Waals surface area contributed by atoms with Crippen molar-refractivity contribution in [1.82, 2.24) is 9.97 Å². The molecule has 2 aliphatic carbocycles. The fraction of sp³-hybridized carbons (Fsp3) is 0.538. The van der Waals surface area contributed by atoms with Gasteiger partial charge in [0.2, 0.25) is 0 Å². The summed E-state index contributed by atoms with van der Waals surface area (Å²) in [6, 6.07) is 6.53. The maximum atomic E-state index is 5.50. The van der Waals surface area contributed by atoms with Crippen LogP contribution in [-0.2, 0) is 19.3 Å². The van der Waals surface area contributed by atoms with Crippen LogP contribution in [0.2, 0.25) is 0 Å². The van der Waals surface area contributed by atoms with Gasteiger partial charge >= 0.3 is 0 Å². The molecule has 2 aliphatic rings. The molecule has 1 fully saturated rings. The number of nitrogens with zero attached hydrogens (tertiary/aromatic N) is 2. The number of benzene rings is 1. The highest BCUT2D eigenvalue weighted by molar-refractivity contribution is 7.19. The molecule has 1 saturated carbocycles. The van der Waals surface area contributed by atoms with Crippen molar-refractivity contribution in [3.8, 4) is 11.5 Å². The molecule has 0 radical (unpaired) electrons. The molecular formula is C26H33N3O2S. The molecule has 32 heavy (non-hydrogen) atoms. The predicted octanol–water partition coefficient (Wildman–Crippen LogP) is 6.02. The SMILES string of the molecule is COc1ccc(Cc2nc(NC3CCCC(C)C3C)c3c4c(sc3n2)CCC4)cc1OC. The number of methoxy groups -OCH3 is 2. The predicted molar refractivity (Wildman–Crippen MR) is 131 cm³/mol. The van der Waals surface area contributed by atoms with E-state index in [9.17, 15) is 0 Å². The summed E-state index contributed by atoms with van der Waals surface area (Å²) in [5.74, 6) is 4.79. The third-order valence-electron chi connectivity index (χ3n) is 7.45. The molecule has 0 spiro atoms. The van der Waals surface area contributed by atoms with Crippen molar-refractivity contribution < 1.29 is 9.47 Å². The summed E-state index contributed by atoms with van der Waals surface area (Å²) < 4.78 is 10.9. The smallest absolute Gasteiger partial charge is 0.161 e. The molecule has 170 valence electrons. The lowest BCUT2D eigenvalue weighted by Gasteiger charge is -2.35. The monoisotopic (exact) mass is 451 g/mol. The molecule has 5 nitrogen and oxygen atoms in total. The fourth-order valence-corrected chi connectivity index (χ4v) is 6.64. The van der Waals surface area contributed by atoms with Crippen LogP contribution in [0.25, 0.3) is 10.2 Å². The zero-order chi connectivity index (χ0) is 22.2. The first kappa shape index (κ1) is 21.5. The van der Waals surface area contributed by atoms with Crippen LogP contribution in [0.5, 0.6) is 11.5 Å². The molecule has 3 aromatic rings. The number of fused-ring (bicyclic) bond motifs is 3. The summed E-state index contributed by atoms with van der Waals surface area (Å²) in [7, 11) is 3.33. The second kappa shape index (κ2) is 8.89. The molecule has 6 heteroatoms. The second-order valence-electron chi connectivity index (χ2n) is 9.41. The van der Waals surface area contributed by atoms with Crippen molar-refractivity contribution in [2.45, 2.75) is 64.8 Å². The lowest BCUT2D eigenvalue weighted by molar-refractivity contribution is 0.253. The molecule has 0 amide bonds. The van der Waals surface area contributed by atoms with Crippen LogP contribution in [0.4, 0.5) is 5.82 Å². The number of aryl methyl sites for hydroxylation is 2. The summed E-state index contributed by atoms with van der Waals surface area (Å²) in [4.78, 5) is 12.8. The van der Waals surface area contributed by atoms with Gasteiger partial charge in [-0.3, -0.25) is 0 Å². The number of thiophene rings is 1. The lowest BCUT2D eigenvalue weighted by Crippen LogP contribution is -2.35. The summed E-state index contributed by atoms with van der Waals surface area (Å²) in [5.41, 5.74) is 2.61. The highest BCUT2D eigenvalue weighted by atomic mass is 32.1. The van der Waals surface area contributed by atoms with E-state index < -0.39 is 0 Å².